The average molecular weight is 301 g/mol. The number of ether oxygens (including phenoxy) is 1. The Kier molecular flexibility index (Phi) is 7.61. The molecule has 1 aromatic rings. The number of carbonyl (C=O) groups is 1. The van der Waals surface area contributed by atoms with Crippen molar-refractivity contribution in [3.63, 3.8) is 0 Å². The predicted octanol–water partition coefficient (Wildman–Crippen LogP) is 2.81. The van der Waals surface area contributed by atoms with Gasteiger partial charge in [-0.2, -0.15) is 0 Å². The van der Waals surface area contributed by atoms with Crippen molar-refractivity contribution in [1.29, 1.82) is 0 Å². The smallest absolute Gasteiger partial charge is 0.240 e. The molecule has 1 aromatic carbocycles. The molecule has 1 amide bonds. The minimum atomic E-state index is -0.818. The summed E-state index contributed by atoms with van der Waals surface area (Å²) in [6.07, 6.45) is 1.55. The van der Waals surface area contributed by atoms with Crippen molar-refractivity contribution < 1.29 is 9.53 Å². The molecule has 20 heavy (non-hydrogen) atoms. The molecule has 0 fully saturated rings. The Morgan fingerprint density at radius 2 is 2.15 bits per heavy atom. The molecule has 2 unspecified atom stereocenters. The van der Waals surface area contributed by atoms with E-state index in [4.69, 9.17) is 10.5 Å². The highest BCUT2D eigenvalue weighted by atomic mass is 35.5. The van der Waals surface area contributed by atoms with Gasteiger partial charge in [-0.05, 0) is 38.0 Å². The minimum Gasteiger partial charge on any atom is -0.497 e. The zero-order chi connectivity index (χ0) is 14.5. The number of carbonyl (C=O) groups excluding carboxylic acids is 1. The molecule has 0 saturated carbocycles. The van der Waals surface area contributed by atoms with Gasteiger partial charge >= 0.3 is 0 Å². The lowest BCUT2D eigenvalue weighted by atomic mass is 9.95. The van der Waals surface area contributed by atoms with Crippen molar-refractivity contribution in [2.75, 3.05) is 7.11 Å². The fourth-order valence-electron chi connectivity index (χ4n) is 1.99. The van der Waals surface area contributed by atoms with Gasteiger partial charge in [0.25, 0.3) is 0 Å². The Bertz CT molecular complexity index is 436. The first-order chi connectivity index (χ1) is 8.90. The third kappa shape index (κ3) is 5.02. The molecular weight excluding hydrogens is 276 g/mol. The molecule has 5 heteroatoms. The van der Waals surface area contributed by atoms with Crippen LogP contribution in [0.2, 0.25) is 0 Å². The summed E-state index contributed by atoms with van der Waals surface area (Å²) >= 11 is 0. The van der Waals surface area contributed by atoms with Gasteiger partial charge in [0, 0.05) is 0 Å². The van der Waals surface area contributed by atoms with Crippen molar-refractivity contribution in [3.8, 4) is 5.75 Å². The van der Waals surface area contributed by atoms with Crippen LogP contribution in [0.3, 0.4) is 0 Å². The van der Waals surface area contributed by atoms with Gasteiger partial charge in [0.2, 0.25) is 5.91 Å². The van der Waals surface area contributed by atoms with Crippen LogP contribution in [0.1, 0.15) is 45.2 Å². The maximum absolute atomic E-state index is 12.1. The van der Waals surface area contributed by atoms with Crippen molar-refractivity contribution in [2.45, 2.75) is 45.2 Å². The summed E-state index contributed by atoms with van der Waals surface area (Å²) in [6.45, 7) is 5.72. The van der Waals surface area contributed by atoms with E-state index in [0.29, 0.717) is 6.42 Å². The van der Waals surface area contributed by atoms with Crippen LogP contribution < -0.4 is 15.8 Å². The first kappa shape index (κ1) is 18.7. The van der Waals surface area contributed by atoms with Gasteiger partial charge in [-0.1, -0.05) is 25.5 Å². The van der Waals surface area contributed by atoms with Crippen LogP contribution in [0.25, 0.3) is 0 Å². The molecular formula is C15H25ClN2O2. The second kappa shape index (κ2) is 8.12. The van der Waals surface area contributed by atoms with E-state index in [9.17, 15) is 4.79 Å². The first-order valence-electron chi connectivity index (χ1n) is 6.64. The summed E-state index contributed by atoms with van der Waals surface area (Å²) in [4.78, 5) is 12.1. The number of amides is 1. The second-order valence-corrected chi connectivity index (χ2v) is 5.14. The number of halogens is 1. The standard InChI is InChI=1S/C15H24N2O2.ClH/c1-5-9-15(3,16)14(18)17-11(2)12-7-6-8-13(10-12)19-4;/h6-8,10-11H,5,9,16H2,1-4H3,(H,17,18);1H. The highest BCUT2D eigenvalue weighted by Gasteiger charge is 2.28. The molecule has 0 aliphatic rings. The number of hydrogen-bond acceptors (Lipinski definition) is 3. The zero-order valence-electron chi connectivity index (χ0n) is 12.6. The van der Waals surface area contributed by atoms with Crippen molar-refractivity contribution >= 4 is 18.3 Å². The Morgan fingerprint density at radius 1 is 1.50 bits per heavy atom. The van der Waals surface area contributed by atoms with Crippen LogP contribution in [0.15, 0.2) is 24.3 Å². The highest BCUT2D eigenvalue weighted by molar-refractivity contribution is 5.86. The summed E-state index contributed by atoms with van der Waals surface area (Å²) in [5, 5.41) is 2.95. The number of rotatable bonds is 6. The van der Waals surface area contributed by atoms with Crippen molar-refractivity contribution in [1.82, 2.24) is 5.32 Å². The van der Waals surface area contributed by atoms with E-state index >= 15 is 0 Å². The summed E-state index contributed by atoms with van der Waals surface area (Å²) in [6, 6.07) is 7.56. The van der Waals surface area contributed by atoms with Gasteiger partial charge < -0.3 is 15.8 Å². The van der Waals surface area contributed by atoms with Crippen LogP contribution in [0.4, 0.5) is 0 Å². The van der Waals surface area contributed by atoms with E-state index in [-0.39, 0.29) is 24.4 Å². The van der Waals surface area contributed by atoms with E-state index < -0.39 is 5.54 Å². The van der Waals surface area contributed by atoms with Crippen LogP contribution in [-0.4, -0.2) is 18.6 Å². The first-order valence-corrected chi connectivity index (χ1v) is 6.64. The average Bonchev–Trinajstić information content (AvgIpc) is 2.38. The molecule has 0 radical (unpaired) electrons. The van der Waals surface area contributed by atoms with Crippen LogP contribution in [0, 0.1) is 0 Å². The lowest BCUT2D eigenvalue weighted by Crippen LogP contribution is -2.52. The fourth-order valence-corrected chi connectivity index (χ4v) is 1.99. The largest absolute Gasteiger partial charge is 0.497 e. The Hall–Kier alpha value is -1.26. The molecule has 0 bridgehead atoms. The topological polar surface area (TPSA) is 64.4 Å². The van der Waals surface area contributed by atoms with Gasteiger partial charge in [0.1, 0.15) is 5.75 Å². The third-order valence-corrected chi connectivity index (χ3v) is 3.23. The molecule has 2 atom stereocenters. The number of nitrogens with one attached hydrogen (secondary N) is 1. The minimum absolute atomic E-state index is 0. The Morgan fingerprint density at radius 3 is 2.70 bits per heavy atom. The maximum Gasteiger partial charge on any atom is 0.240 e. The Labute approximate surface area is 127 Å². The van der Waals surface area contributed by atoms with E-state index in [1.54, 1.807) is 14.0 Å². The number of benzene rings is 1. The SMILES string of the molecule is CCCC(C)(N)C(=O)NC(C)c1cccc(OC)c1.Cl. The molecule has 1 rings (SSSR count). The third-order valence-electron chi connectivity index (χ3n) is 3.23. The number of methoxy groups -OCH3 is 1. The molecule has 0 heterocycles. The molecule has 4 nitrogen and oxygen atoms in total. The van der Waals surface area contributed by atoms with Gasteiger partial charge in [-0.15, -0.1) is 12.4 Å². The predicted molar refractivity (Wildman–Crippen MR) is 84.3 cm³/mol. The number of hydrogen-bond donors (Lipinski definition) is 2. The van der Waals surface area contributed by atoms with Gasteiger partial charge in [0.15, 0.2) is 0 Å². The molecule has 0 aliphatic heterocycles. The molecule has 0 aliphatic carbocycles. The zero-order valence-corrected chi connectivity index (χ0v) is 13.4. The molecule has 0 saturated heterocycles. The van der Waals surface area contributed by atoms with E-state index in [1.165, 1.54) is 0 Å². The van der Waals surface area contributed by atoms with Crippen LogP contribution in [-0.2, 0) is 4.79 Å². The van der Waals surface area contributed by atoms with E-state index in [1.807, 2.05) is 38.1 Å². The van der Waals surface area contributed by atoms with Crippen molar-refractivity contribution in [2.24, 2.45) is 5.73 Å². The second-order valence-electron chi connectivity index (χ2n) is 5.14. The monoisotopic (exact) mass is 300 g/mol. The quantitative estimate of drug-likeness (QED) is 0.849. The fraction of sp³-hybridized carbons (Fsp3) is 0.533. The van der Waals surface area contributed by atoms with Crippen LogP contribution >= 0.6 is 12.4 Å². The van der Waals surface area contributed by atoms with Gasteiger partial charge in [-0.3, -0.25) is 4.79 Å². The van der Waals surface area contributed by atoms with Gasteiger partial charge in [0.05, 0.1) is 18.7 Å². The molecule has 0 aromatic heterocycles. The lowest BCUT2D eigenvalue weighted by molar-refractivity contribution is -0.126. The highest BCUT2D eigenvalue weighted by Crippen LogP contribution is 2.19. The lowest BCUT2D eigenvalue weighted by Gasteiger charge is -2.25. The molecule has 3 N–H and O–H groups in total. The number of nitrogens with two attached hydrogens (primary N) is 1. The maximum atomic E-state index is 12.1. The summed E-state index contributed by atoms with van der Waals surface area (Å²) in [5.41, 5.74) is 6.20. The van der Waals surface area contributed by atoms with E-state index in [2.05, 4.69) is 5.32 Å². The summed E-state index contributed by atoms with van der Waals surface area (Å²) in [5.74, 6) is 0.660. The Balaban J connectivity index is 0.00000361. The van der Waals surface area contributed by atoms with Crippen LogP contribution in [0.5, 0.6) is 5.75 Å². The van der Waals surface area contributed by atoms with E-state index in [0.717, 1.165) is 17.7 Å². The van der Waals surface area contributed by atoms with Gasteiger partial charge in [-0.25, -0.2) is 0 Å². The molecule has 114 valence electrons. The molecule has 0 spiro atoms. The summed E-state index contributed by atoms with van der Waals surface area (Å²) in [7, 11) is 1.63. The summed E-state index contributed by atoms with van der Waals surface area (Å²) < 4.78 is 5.18. The normalized spacial score (nSPS) is 14.7. The van der Waals surface area contributed by atoms with Crippen molar-refractivity contribution in [3.05, 3.63) is 29.8 Å².